The molecule has 0 amide bonds. The second-order valence-corrected chi connectivity index (χ2v) is 24.4. The number of nitrogen functional groups attached to an aromatic ring is 1. The van der Waals surface area contributed by atoms with Crippen LogP contribution in [-0.2, 0) is 4.74 Å². The molecule has 2 atom stereocenters. The van der Waals surface area contributed by atoms with Crippen LogP contribution in [-0.4, -0.2) is 84.7 Å². The molecule has 11 nitrogen and oxygen atoms in total. The Kier molecular flexibility index (Phi) is 12.2. The molecule has 3 aliphatic heterocycles. The maximum absolute atomic E-state index is 18.2. The molecule has 2 fully saturated rings. The van der Waals surface area contributed by atoms with E-state index in [4.69, 9.17) is 39.6 Å². The van der Waals surface area contributed by atoms with Gasteiger partial charge in [0, 0.05) is 42.9 Å². The molecule has 3 aliphatic rings. The van der Waals surface area contributed by atoms with Crippen molar-refractivity contribution >= 4 is 41.4 Å². The van der Waals surface area contributed by atoms with Crippen LogP contribution >= 0.6 is 0 Å². The SMILES string of the molecule is C=C1CN2CC(=C)CC2(COc2nc3c4c(nc(-c5cc(OCOC)cc6ccc(F)c(C#C[Si](C(C)C)(C(C)C)C(C)C)c56)c(F)c4n2)O[C@@H](C)CN3C(C)c2cccnc2N)C1. The van der Waals surface area contributed by atoms with Crippen LogP contribution in [0.15, 0.2) is 66.9 Å². The fraction of sp³-hybridized carbons (Fsp3) is 0.440. The molecule has 5 aromatic rings. The van der Waals surface area contributed by atoms with Gasteiger partial charge in [-0.15, -0.1) is 5.54 Å². The Morgan fingerprint density at radius 2 is 1.66 bits per heavy atom. The molecule has 0 bridgehead atoms. The van der Waals surface area contributed by atoms with Crippen LogP contribution in [0.3, 0.4) is 0 Å². The predicted molar refractivity (Wildman–Crippen MR) is 252 cm³/mol. The first kappa shape index (κ1) is 45.0. The summed E-state index contributed by atoms with van der Waals surface area (Å²) in [6.07, 6.45) is 2.64. The van der Waals surface area contributed by atoms with Gasteiger partial charge in [0.2, 0.25) is 5.88 Å². The van der Waals surface area contributed by atoms with E-state index in [0.717, 1.165) is 42.6 Å². The number of hydrogen-bond acceptors (Lipinski definition) is 11. The Bertz CT molecular complexity index is 2690. The summed E-state index contributed by atoms with van der Waals surface area (Å²) in [5.41, 5.74) is 13.9. The summed E-state index contributed by atoms with van der Waals surface area (Å²) in [4.78, 5) is 23.6. The number of rotatable bonds is 12. The number of fused-ring (bicyclic) bond motifs is 2. The van der Waals surface area contributed by atoms with Crippen molar-refractivity contribution in [3.63, 3.8) is 0 Å². The minimum Gasteiger partial charge on any atom is -0.472 e. The van der Waals surface area contributed by atoms with Gasteiger partial charge < -0.3 is 29.6 Å². The van der Waals surface area contributed by atoms with E-state index in [1.54, 1.807) is 24.4 Å². The number of nitrogens with two attached hydrogens (primary N) is 1. The van der Waals surface area contributed by atoms with Gasteiger partial charge in [-0.2, -0.15) is 9.97 Å². The standard InChI is InChI=1S/C50H59F2N7O4Si/c1-28(2)64(29(3)4,30(5)6)18-16-38-40(51)15-14-35-19-36(62-27-60-11)20-39(41(35)38)44-43(52)45-42-47(57-49(56-45)61-26-50-21-31(7)23-58(50)24-32(8)22-50)59(25-33(9)63-48(42)55-44)34(10)37-13-12-17-54-46(37)53/h12-15,17,19-20,28-30,33-34H,7-8,21-27H2,1-6,9-11H3,(H2,53,54)/t33-,34?/m0/s1. The first-order chi connectivity index (χ1) is 30.5. The summed E-state index contributed by atoms with van der Waals surface area (Å²) >= 11 is 0. The molecule has 2 saturated heterocycles. The average Bonchev–Trinajstić information content (AvgIpc) is 3.66. The zero-order valence-corrected chi connectivity index (χ0v) is 39.4. The Hall–Kier alpha value is -5.62. The van der Waals surface area contributed by atoms with Crippen molar-refractivity contribution in [3.05, 3.63) is 89.7 Å². The quantitative estimate of drug-likeness (QED) is 0.0558. The fourth-order valence-corrected chi connectivity index (χ4v) is 15.9. The van der Waals surface area contributed by atoms with Crippen LogP contribution in [0.5, 0.6) is 17.6 Å². The van der Waals surface area contributed by atoms with E-state index < -0.39 is 25.8 Å². The average molecular weight is 888 g/mol. The molecule has 0 spiro atoms. The molecule has 2 aromatic carbocycles. The Morgan fingerprint density at radius 3 is 2.31 bits per heavy atom. The lowest BCUT2D eigenvalue weighted by Crippen LogP contribution is -2.43. The largest absolute Gasteiger partial charge is 0.472 e. The number of methoxy groups -OCH3 is 1. The first-order valence-corrected chi connectivity index (χ1v) is 24.4. The third kappa shape index (κ3) is 7.85. The van der Waals surface area contributed by atoms with E-state index in [2.05, 4.69) is 76.0 Å². The predicted octanol–water partition coefficient (Wildman–Crippen LogP) is 10.3. The van der Waals surface area contributed by atoms with E-state index in [-0.39, 0.29) is 64.6 Å². The maximum Gasteiger partial charge on any atom is 0.319 e. The number of pyridine rings is 2. The lowest BCUT2D eigenvalue weighted by Gasteiger charge is -2.38. The van der Waals surface area contributed by atoms with E-state index in [9.17, 15) is 0 Å². The van der Waals surface area contributed by atoms with Crippen LogP contribution in [0.4, 0.5) is 20.4 Å². The summed E-state index contributed by atoms with van der Waals surface area (Å²) in [6.45, 7) is 27.7. The monoisotopic (exact) mass is 887 g/mol. The molecule has 3 aromatic heterocycles. The number of aromatic nitrogens is 4. The molecule has 14 heteroatoms. The van der Waals surface area contributed by atoms with Gasteiger partial charge in [-0.25, -0.2) is 18.7 Å². The molecule has 336 valence electrons. The van der Waals surface area contributed by atoms with Crippen molar-refractivity contribution in [2.75, 3.05) is 50.8 Å². The van der Waals surface area contributed by atoms with Gasteiger partial charge in [0.1, 0.15) is 60.6 Å². The van der Waals surface area contributed by atoms with Crippen LogP contribution < -0.4 is 24.8 Å². The summed E-state index contributed by atoms with van der Waals surface area (Å²) in [5.74, 6) is 3.28. The Morgan fingerprint density at radius 1 is 0.953 bits per heavy atom. The second-order valence-electron chi connectivity index (χ2n) is 18.8. The summed E-state index contributed by atoms with van der Waals surface area (Å²) < 4.78 is 59.1. The molecule has 0 aliphatic carbocycles. The minimum absolute atomic E-state index is 0.0169. The van der Waals surface area contributed by atoms with Gasteiger partial charge in [-0.1, -0.05) is 83.9 Å². The molecule has 0 saturated carbocycles. The molecular formula is C50H59F2N7O4Si. The molecule has 2 N–H and O–H groups in total. The van der Waals surface area contributed by atoms with Crippen LogP contribution in [0.2, 0.25) is 16.6 Å². The highest BCUT2D eigenvalue weighted by Crippen LogP contribution is 2.47. The lowest BCUT2D eigenvalue weighted by atomic mass is 9.92. The summed E-state index contributed by atoms with van der Waals surface area (Å²) in [5, 5.41) is 1.24. The highest BCUT2D eigenvalue weighted by molar-refractivity contribution is 6.90. The van der Waals surface area contributed by atoms with Gasteiger partial charge in [0.05, 0.1) is 23.7 Å². The summed E-state index contributed by atoms with van der Waals surface area (Å²) in [7, 11) is -0.826. The van der Waals surface area contributed by atoms with Crippen LogP contribution in [0, 0.1) is 23.1 Å². The number of nitrogens with zero attached hydrogens (tertiary/aromatic N) is 6. The number of halogens is 2. The van der Waals surface area contributed by atoms with Crippen LogP contribution in [0.1, 0.15) is 85.4 Å². The smallest absolute Gasteiger partial charge is 0.319 e. The fourth-order valence-electron chi connectivity index (χ4n) is 10.7. The molecule has 1 unspecified atom stereocenters. The Labute approximate surface area is 376 Å². The van der Waals surface area contributed by atoms with Gasteiger partial charge in [-0.3, -0.25) is 4.90 Å². The summed E-state index contributed by atoms with van der Waals surface area (Å²) in [6, 6.07) is 9.82. The molecule has 6 heterocycles. The zero-order chi connectivity index (χ0) is 45.8. The molecule has 64 heavy (non-hydrogen) atoms. The minimum atomic E-state index is -2.34. The zero-order valence-electron chi connectivity index (χ0n) is 38.4. The van der Waals surface area contributed by atoms with Crippen molar-refractivity contribution in [1.82, 2.24) is 24.8 Å². The number of ether oxygens (including phenoxy) is 4. The number of anilines is 2. The molecule has 8 rings (SSSR count). The number of benzene rings is 2. The highest BCUT2D eigenvalue weighted by atomic mass is 28.3. The van der Waals surface area contributed by atoms with Gasteiger partial charge in [-0.05, 0) is 73.0 Å². The highest BCUT2D eigenvalue weighted by Gasteiger charge is 2.48. The third-order valence-electron chi connectivity index (χ3n) is 13.6. The van der Waals surface area contributed by atoms with Gasteiger partial charge >= 0.3 is 6.01 Å². The topological polar surface area (TPSA) is 121 Å². The third-order valence-corrected chi connectivity index (χ3v) is 19.9. The van der Waals surface area contributed by atoms with E-state index in [0.29, 0.717) is 51.3 Å². The second kappa shape index (κ2) is 17.4. The Balaban J connectivity index is 1.39. The maximum atomic E-state index is 18.2. The molecule has 0 radical (unpaired) electrons. The normalized spacial score (nSPS) is 17.8. The van der Waals surface area contributed by atoms with Gasteiger partial charge in [0.25, 0.3) is 0 Å². The number of hydrogen-bond donors (Lipinski definition) is 1. The van der Waals surface area contributed by atoms with E-state index in [1.807, 2.05) is 30.9 Å². The van der Waals surface area contributed by atoms with E-state index in [1.165, 1.54) is 13.2 Å². The van der Waals surface area contributed by atoms with Crippen molar-refractivity contribution in [2.45, 2.75) is 103 Å². The van der Waals surface area contributed by atoms with Crippen molar-refractivity contribution in [3.8, 4) is 40.4 Å². The van der Waals surface area contributed by atoms with E-state index >= 15 is 8.78 Å². The van der Waals surface area contributed by atoms with Crippen molar-refractivity contribution < 1.29 is 27.7 Å². The van der Waals surface area contributed by atoms with Crippen LogP contribution in [0.25, 0.3) is 32.9 Å². The van der Waals surface area contributed by atoms with Crippen molar-refractivity contribution in [1.29, 1.82) is 0 Å². The van der Waals surface area contributed by atoms with Gasteiger partial charge in [0.15, 0.2) is 12.6 Å². The first-order valence-electron chi connectivity index (χ1n) is 22.2. The lowest BCUT2D eigenvalue weighted by molar-refractivity contribution is 0.0512. The van der Waals surface area contributed by atoms with Crippen molar-refractivity contribution in [2.24, 2.45) is 0 Å². The molecular weight excluding hydrogens is 829 g/mol.